The average molecular weight is 426 g/mol. The lowest BCUT2D eigenvalue weighted by atomic mass is 9.83. The van der Waals surface area contributed by atoms with Crippen LogP contribution in [-0.4, -0.2) is 37.8 Å². The van der Waals surface area contributed by atoms with E-state index in [0.29, 0.717) is 11.3 Å². The van der Waals surface area contributed by atoms with Crippen molar-refractivity contribution >= 4 is 10.0 Å². The molecular formula is C20H24F2N2O4S. The predicted molar refractivity (Wildman–Crippen MR) is 107 cm³/mol. The first kappa shape index (κ1) is 21.4. The molecule has 1 fully saturated rings. The van der Waals surface area contributed by atoms with Crippen LogP contribution in [0.25, 0.3) is 11.1 Å². The molecule has 1 N–H and O–H groups in total. The summed E-state index contributed by atoms with van der Waals surface area (Å²) in [4.78, 5) is 12.2. The van der Waals surface area contributed by atoms with E-state index in [2.05, 4.69) is 4.72 Å². The maximum atomic E-state index is 13.8. The van der Waals surface area contributed by atoms with Gasteiger partial charge in [-0.15, -0.1) is 0 Å². The first-order valence-electron chi connectivity index (χ1n) is 9.28. The molecule has 0 bridgehead atoms. The molecule has 1 aliphatic rings. The van der Waals surface area contributed by atoms with Crippen LogP contribution in [0.5, 0.6) is 5.75 Å². The summed E-state index contributed by atoms with van der Waals surface area (Å²) < 4.78 is 60.3. The van der Waals surface area contributed by atoms with E-state index in [1.165, 1.54) is 4.57 Å². The molecule has 0 saturated heterocycles. The zero-order chi connectivity index (χ0) is 21.2. The van der Waals surface area contributed by atoms with E-state index < -0.39 is 34.3 Å². The van der Waals surface area contributed by atoms with Crippen molar-refractivity contribution in [2.45, 2.75) is 31.2 Å². The molecule has 2 aromatic rings. The molecule has 3 rings (SSSR count). The third-order valence-electron chi connectivity index (χ3n) is 5.07. The number of aromatic nitrogens is 1. The van der Waals surface area contributed by atoms with E-state index in [0.717, 1.165) is 11.8 Å². The highest BCUT2D eigenvalue weighted by atomic mass is 32.2. The topological polar surface area (TPSA) is 77.4 Å². The van der Waals surface area contributed by atoms with Gasteiger partial charge in [-0.05, 0) is 36.2 Å². The van der Waals surface area contributed by atoms with E-state index in [1.807, 2.05) is 0 Å². The van der Waals surface area contributed by atoms with Crippen LogP contribution in [0.1, 0.15) is 19.3 Å². The van der Waals surface area contributed by atoms with Crippen molar-refractivity contribution in [2.24, 2.45) is 13.0 Å². The van der Waals surface area contributed by atoms with Crippen LogP contribution in [0.2, 0.25) is 0 Å². The quantitative estimate of drug-likeness (QED) is 0.771. The van der Waals surface area contributed by atoms with Crippen molar-refractivity contribution in [3.05, 3.63) is 52.9 Å². The first-order chi connectivity index (χ1) is 13.5. The fraction of sp³-hybridized carbons (Fsp3) is 0.450. The maximum Gasteiger partial charge on any atom is 0.258 e. The molecule has 6 nitrogen and oxygen atoms in total. The summed E-state index contributed by atoms with van der Waals surface area (Å²) in [7, 11) is -1.83. The number of rotatable bonds is 6. The van der Waals surface area contributed by atoms with Gasteiger partial charge >= 0.3 is 0 Å². The van der Waals surface area contributed by atoms with Crippen molar-refractivity contribution in [1.29, 1.82) is 0 Å². The molecule has 0 amide bonds. The number of halogens is 2. The fourth-order valence-corrected chi connectivity index (χ4v) is 4.45. The summed E-state index contributed by atoms with van der Waals surface area (Å²) in [5.74, 6) is -3.01. The van der Waals surface area contributed by atoms with Gasteiger partial charge in [-0.1, -0.05) is 12.1 Å². The number of nitrogens with one attached hydrogen (secondary N) is 1. The Morgan fingerprint density at radius 3 is 2.59 bits per heavy atom. The summed E-state index contributed by atoms with van der Waals surface area (Å²) in [6.45, 7) is -0.0325. The van der Waals surface area contributed by atoms with Gasteiger partial charge in [0.05, 0.1) is 12.9 Å². The zero-order valence-electron chi connectivity index (χ0n) is 16.3. The normalized spacial score (nSPS) is 21.7. The van der Waals surface area contributed by atoms with E-state index in [9.17, 15) is 22.0 Å². The number of hydrogen-bond acceptors (Lipinski definition) is 4. The minimum Gasteiger partial charge on any atom is -0.493 e. The minimum atomic E-state index is -3.50. The van der Waals surface area contributed by atoms with Crippen molar-refractivity contribution in [3.63, 3.8) is 0 Å². The summed E-state index contributed by atoms with van der Waals surface area (Å²) in [5.41, 5.74) is 1.14. The summed E-state index contributed by atoms with van der Waals surface area (Å²) in [6.07, 6.45) is 1.97. The van der Waals surface area contributed by atoms with Crippen LogP contribution in [0, 0.1) is 5.92 Å². The molecule has 1 aromatic heterocycles. The van der Waals surface area contributed by atoms with E-state index in [1.54, 1.807) is 49.6 Å². The Bertz CT molecular complexity index is 1020. The molecule has 158 valence electrons. The number of alkyl halides is 2. The van der Waals surface area contributed by atoms with Gasteiger partial charge in [-0.2, -0.15) is 0 Å². The number of nitrogens with zero attached hydrogens (tertiary/aromatic N) is 1. The van der Waals surface area contributed by atoms with Gasteiger partial charge in [0.15, 0.2) is 0 Å². The highest BCUT2D eigenvalue weighted by molar-refractivity contribution is 7.88. The van der Waals surface area contributed by atoms with Gasteiger partial charge in [-0.25, -0.2) is 21.9 Å². The lowest BCUT2D eigenvalue weighted by Gasteiger charge is -2.35. The maximum absolute atomic E-state index is 13.8. The number of ether oxygens (including phenoxy) is 1. The number of pyridine rings is 1. The smallest absolute Gasteiger partial charge is 0.258 e. The second kappa shape index (κ2) is 8.23. The van der Waals surface area contributed by atoms with Crippen LogP contribution in [0.4, 0.5) is 8.78 Å². The highest BCUT2D eigenvalue weighted by Crippen LogP contribution is 2.37. The first-order valence-corrected chi connectivity index (χ1v) is 11.2. The van der Waals surface area contributed by atoms with Crippen molar-refractivity contribution in [1.82, 2.24) is 9.29 Å². The highest BCUT2D eigenvalue weighted by Gasteiger charge is 2.42. The van der Waals surface area contributed by atoms with Crippen molar-refractivity contribution in [2.75, 3.05) is 12.9 Å². The predicted octanol–water partition coefficient (Wildman–Crippen LogP) is 2.78. The Kier molecular flexibility index (Phi) is 6.09. The monoisotopic (exact) mass is 426 g/mol. The number of aryl methyl sites for hydroxylation is 1. The Morgan fingerprint density at radius 2 is 1.93 bits per heavy atom. The van der Waals surface area contributed by atoms with Crippen LogP contribution < -0.4 is 15.0 Å². The molecule has 1 saturated carbocycles. The van der Waals surface area contributed by atoms with Crippen LogP contribution in [0.15, 0.2) is 47.4 Å². The SMILES string of the molecule is Cn1cccc(-c2ccc(OC[C@@H]3CC(F)(F)CC[C@@H]3NS(C)(=O)=O)cc2)c1=O. The van der Waals surface area contributed by atoms with E-state index >= 15 is 0 Å². The largest absolute Gasteiger partial charge is 0.493 e. The molecule has 9 heteroatoms. The third-order valence-corrected chi connectivity index (χ3v) is 5.80. The second-order valence-corrected chi connectivity index (χ2v) is 9.31. The van der Waals surface area contributed by atoms with Gasteiger partial charge in [0.2, 0.25) is 15.9 Å². The zero-order valence-corrected chi connectivity index (χ0v) is 17.1. The summed E-state index contributed by atoms with van der Waals surface area (Å²) in [5, 5.41) is 0. The molecule has 29 heavy (non-hydrogen) atoms. The Labute approximate surface area is 168 Å². The number of benzene rings is 1. The molecule has 1 heterocycles. The second-order valence-electron chi connectivity index (χ2n) is 7.53. The fourth-order valence-electron chi connectivity index (χ4n) is 3.59. The van der Waals surface area contributed by atoms with Crippen molar-refractivity contribution in [3.8, 4) is 16.9 Å². The van der Waals surface area contributed by atoms with Gasteiger partial charge in [0.1, 0.15) is 5.75 Å². The summed E-state index contributed by atoms with van der Waals surface area (Å²) >= 11 is 0. The molecule has 2 atom stereocenters. The van der Waals surface area contributed by atoms with Crippen molar-refractivity contribution < 1.29 is 21.9 Å². The average Bonchev–Trinajstić information content (AvgIpc) is 2.63. The van der Waals surface area contributed by atoms with Gasteiger partial charge in [0.25, 0.3) is 5.56 Å². The van der Waals surface area contributed by atoms with Crippen LogP contribution in [0.3, 0.4) is 0 Å². The molecular weight excluding hydrogens is 402 g/mol. The van der Waals surface area contributed by atoms with E-state index in [-0.39, 0.29) is 25.0 Å². The summed E-state index contributed by atoms with van der Waals surface area (Å²) in [6, 6.07) is 9.71. The number of sulfonamides is 1. The Balaban J connectivity index is 1.70. The van der Waals surface area contributed by atoms with Gasteiger partial charge < -0.3 is 9.30 Å². The number of hydrogen-bond donors (Lipinski definition) is 1. The molecule has 0 radical (unpaired) electrons. The van der Waals surface area contributed by atoms with Gasteiger partial charge in [0, 0.05) is 43.6 Å². The van der Waals surface area contributed by atoms with E-state index in [4.69, 9.17) is 4.74 Å². The Morgan fingerprint density at radius 1 is 1.24 bits per heavy atom. The van der Waals surface area contributed by atoms with Gasteiger partial charge in [-0.3, -0.25) is 4.79 Å². The molecule has 1 aliphatic carbocycles. The molecule has 0 aliphatic heterocycles. The third kappa shape index (κ3) is 5.63. The molecule has 1 aromatic carbocycles. The van der Waals surface area contributed by atoms with Crippen LogP contribution >= 0.6 is 0 Å². The standard InChI is InChI=1S/C20H24F2N2O4S/c1-24-11-3-4-17(19(24)25)14-5-7-16(8-6-14)28-13-15-12-20(21,22)10-9-18(15)23-29(2,26)27/h3-8,11,15,18,23H,9-10,12-13H2,1-2H3/t15-,18-/m0/s1. The lowest BCUT2D eigenvalue weighted by molar-refractivity contribution is -0.0660. The minimum absolute atomic E-state index is 0.0325. The molecule has 0 spiro atoms. The van der Waals surface area contributed by atoms with Crippen LogP contribution in [-0.2, 0) is 17.1 Å². The Hall–Kier alpha value is -2.26. The lowest BCUT2D eigenvalue weighted by Crippen LogP contribution is -2.48. The molecule has 0 unspecified atom stereocenters.